The first kappa shape index (κ1) is 12.9. The Kier molecular flexibility index (Phi) is 3.28. The Morgan fingerprint density at radius 2 is 2.17 bits per heavy atom. The molecule has 1 unspecified atom stereocenters. The minimum Gasteiger partial charge on any atom is -0.548 e. The maximum absolute atomic E-state index is 12.0. The molecule has 0 amide bonds. The molecule has 0 aliphatic rings. The Labute approximate surface area is 107 Å². The van der Waals surface area contributed by atoms with Gasteiger partial charge in [0, 0.05) is 0 Å². The van der Waals surface area contributed by atoms with Crippen LogP contribution in [0.1, 0.15) is 6.92 Å². The molecule has 2 rings (SSSR count). The summed E-state index contributed by atoms with van der Waals surface area (Å²) in [6, 6.07) is 3.16. The zero-order valence-electron chi connectivity index (χ0n) is 9.15. The molecule has 7 nitrogen and oxygen atoms in total. The molecule has 9 heteroatoms. The predicted octanol–water partition coefficient (Wildman–Crippen LogP) is -0.892. The number of hydrogen-bond acceptors (Lipinski definition) is 7. The van der Waals surface area contributed by atoms with Crippen LogP contribution in [-0.2, 0) is 14.8 Å². The highest BCUT2D eigenvalue weighted by atomic mass is 32.2. The van der Waals surface area contributed by atoms with Crippen LogP contribution in [0.4, 0.5) is 0 Å². The third-order valence-electron chi connectivity index (χ3n) is 2.22. The topological polar surface area (TPSA) is 112 Å². The predicted molar refractivity (Wildman–Crippen MR) is 62.2 cm³/mol. The van der Waals surface area contributed by atoms with Gasteiger partial charge in [-0.1, -0.05) is 6.07 Å². The highest BCUT2D eigenvalue weighted by Crippen LogP contribution is 2.20. The number of aromatic nitrogens is 2. The van der Waals surface area contributed by atoms with Gasteiger partial charge in [-0.15, -0.1) is 0 Å². The summed E-state index contributed by atoms with van der Waals surface area (Å²) in [4.78, 5) is 10.5. The van der Waals surface area contributed by atoms with Crippen LogP contribution in [0.2, 0.25) is 0 Å². The molecular weight excluding hydrogens is 278 g/mol. The fraction of sp³-hybridized carbons (Fsp3) is 0.222. The lowest BCUT2D eigenvalue weighted by atomic mass is 10.3. The van der Waals surface area contributed by atoms with Crippen molar-refractivity contribution in [2.75, 3.05) is 0 Å². The first-order valence-corrected chi connectivity index (χ1v) is 7.07. The average Bonchev–Trinajstić information content (AvgIpc) is 2.75. The fourth-order valence-electron chi connectivity index (χ4n) is 1.34. The maximum atomic E-state index is 12.0. The lowest BCUT2D eigenvalue weighted by Gasteiger charge is -2.14. The van der Waals surface area contributed by atoms with E-state index >= 15 is 0 Å². The zero-order valence-corrected chi connectivity index (χ0v) is 10.8. The minimum atomic E-state index is -3.97. The molecular formula is C9H8N3O4S2-. The number of fused-ring (bicyclic) bond motifs is 1. The van der Waals surface area contributed by atoms with Crippen molar-refractivity contribution in [3.8, 4) is 0 Å². The van der Waals surface area contributed by atoms with Crippen LogP contribution in [0.5, 0.6) is 0 Å². The Balaban J connectivity index is 2.47. The number of aliphatic carboxylic acids is 1. The summed E-state index contributed by atoms with van der Waals surface area (Å²) in [6.45, 7) is 1.19. The van der Waals surface area contributed by atoms with Crippen LogP contribution in [0.25, 0.3) is 11.0 Å². The Hall–Kier alpha value is -1.58. The second-order valence-corrected chi connectivity index (χ2v) is 5.76. The number of carbonyl (C=O) groups excluding carboxylic acids is 1. The standard InChI is InChI=1S/C9H9N3O4S2/c1-5(9(13)14)12-18(15,16)7-4-2-3-6-8(7)11-17-10-6/h2-5,12H,1H3,(H,13,14)/p-1. The smallest absolute Gasteiger partial charge is 0.243 e. The van der Waals surface area contributed by atoms with Crippen molar-refractivity contribution in [2.24, 2.45) is 0 Å². The molecule has 0 fully saturated rings. The normalized spacial score (nSPS) is 13.6. The summed E-state index contributed by atoms with van der Waals surface area (Å²) < 4.78 is 33.8. The van der Waals surface area contributed by atoms with Crippen molar-refractivity contribution in [1.29, 1.82) is 0 Å². The minimum absolute atomic E-state index is 0.0955. The number of sulfonamides is 1. The molecule has 1 heterocycles. The quantitative estimate of drug-likeness (QED) is 0.780. The number of carbonyl (C=O) groups is 1. The van der Waals surface area contributed by atoms with E-state index in [9.17, 15) is 18.3 Å². The second kappa shape index (κ2) is 4.59. The van der Waals surface area contributed by atoms with Gasteiger partial charge in [0.25, 0.3) is 0 Å². The van der Waals surface area contributed by atoms with E-state index in [2.05, 4.69) is 8.75 Å². The molecule has 1 aromatic carbocycles. The van der Waals surface area contributed by atoms with Gasteiger partial charge in [0.05, 0.1) is 23.7 Å². The molecule has 96 valence electrons. The molecule has 1 N–H and O–H groups in total. The van der Waals surface area contributed by atoms with E-state index in [1.807, 2.05) is 4.72 Å². The molecule has 0 spiro atoms. The Morgan fingerprint density at radius 3 is 2.83 bits per heavy atom. The van der Waals surface area contributed by atoms with Gasteiger partial charge in [0.1, 0.15) is 15.9 Å². The number of nitrogens with zero attached hydrogens (tertiary/aromatic N) is 2. The van der Waals surface area contributed by atoms with Gasteiger partial charge in [-0.2, -0.15) is 8.75 Å². The first-order chi connectivity index (χ1) is 8.42. The van der Waals surface area contributed by atoms with Gasteiger partial charge in [0.15, 0.2) is 0 Å². The van der Waals surface area contributed by atoms with Crippen molar-refractivity contribution in [2.45, 2.75) is 17.9 Å². The fourth-order valence-corrected chi connectivity index (χ4v) is 3.30. The SMILES string of the molecule is CC(NS(=O)(=O)c1cccc2nsnc12)C(=O)[O-]. The molecule has 1 atom stereocenters. The third kappa shape index (κ3) is 2.33. The van der Waals surface area contributed by atoms with Crippen LogP contribution >= 0.6 is 11.7 Å². The Bertz CT molecular complexity index is 695. The van der Waals surface area contributed by atoms with Gasteiger partial charge < -0.3 is 9.90 Å². The van der Waals surface area contributed by atoms with Crippen molar-refractivity contribution in [3.05, 3.63) is 18.2 Å². The van der Waals surface area contributed by atoms with E-state index in [4.69, 9.17) is 0 Å². The molecule has 0 saturated carbocycles. The average molecular weight is 286 g/mol. The highest BCUT2D eigenvalue weighted by molar-refractivity contribution is 7.89. The van der Waals surface area contributed by atoms with Crippen molar-refractivity contribution < 1.29 is 18.3 Å². The van der Waals surface area contributed by atoms with Crippen molar-refractivity contribution in [3.63, 3.8) is 0 Å². The van der Waals surface area contributed by atoms with E-state index < -0.39 is 22.0 Å². The molecule has 0 aliphatic heterocycles. The van der Waals surface area contributed by atoms with Gasteiger partial charge in [-0.05, 0) is 19.1 Å². The van der Waals surface area contributed by atoms with Crippen LogP contribution in [0.15, 0.2) is 23.1 Å². The van der Waals surface area contributed by atoms with Gasteiger partial charge in [-0.3, -0.25) is 0 Å². The number of carboxylic acids is 1. The van der Waals surface area contributed by atoms with E-state index in [1.54, 1.807) is 6.07 Å². The number of rotatable bonds is 4. The molecule has 0 radical (unpaired) electrons. The molecule has 0 saturated heterocycles. The van der Waals surface area contributed by atoms with Crippen molar-refractivity contribution in [1.82, 2.24) is 13.5 Å². The molecule has 2 aromatic rings. The third-order valence-corrected chi connectivity index (χ3v) is 4.34. The number of benzene rings is 1. The lowest BCUT2D eigenvalue weighted by molar-refractivity contribution is -0.307. The lowest BCUT2D eigenvalue weighted by Crippen LogP contribution is -2.45. The summed E-state index contributed by atoms with van der Waals surface area (Å²) in [5, 5.41) is 10.6. The summed E-state index contributed by atoms with van der Waals surface area (Å²) in [6.07, 6.45) is 0. The van der Waals surface area contributed by atoms with Crippen LogP contribution in [0, 0.1) is 0 Å². The van der Waals surface area contributed by atoms with E-state index in [0.717, 1.165) is 11.7 Å². The summed E-state index contributed by atoms with van der Waals surface area (Å²) >= 11 is 0.887. The zero-order chi connectivity index (χ0) is 13.3. The van der Waals surface area contributed by atoms with Gasteiger partial charge in [0.2, 0.25) is 10.0 Å². The maximum Gasteiger partial charge on any atom is 0.243 e. The van der Waals surface area contributed by atoms with Crippen LogP contribution < -0.4 is 9.83 Å². The summed E-state index contributed by atoms with van der Waals surface area (Å²) in [5.41, 5.74) is 0.671. The van der Waals surface area contributed by atoms with Gasteiger partial charge in [-0.25, -0.2) is 13.1 Å². The van der Waals surface area contributed by atoms with E-state index in [1.165, 1.54) is 19.1 Å². The van der Waals surface area contributed by atoms with E-state index in [-0.39, 0.29) is 10.4 Å². The second-order valence-electron chi connectivity index (χ2n) is 3.55. The van der Waals surface area contributed by atoms with Gasteiger partial charge >= 0.3 is 0 Å². The van der Waals surface area contributed by atoms with Crippen molar-refractivity contribution >= 4 is 38.8 Å². The van der Waals surface area contributed by atoms with Crippen LogP contribution in [0.3, 0.4) is 0 Å². The van der Waals surface area contributed by atoms with Crippen LogP contribution in [-0.4, -0.2) is 29.2 Å². The number of carboxylic acid groups (broad SMARTS) is 1. The molecule has 0 bridgehead atoms. The number of nitrogens with one attached hydrogen (secondary N) is 1. The number of hydrogen-bond donors (Lipinski definition) is 1. The molecule has 1 aromatic heterocycles. The largest absolute Gasteiger partial charge is 0.548 e. The monoisotopic (exact) mass is 286 g/mol. The summed E-state index contributed by atoms with van der Waals surface area (Å²) in [5.74, 6) is -1.50. The van der Waals surface area contributed by atoms with E-state index in [0.29, 0.717) is 5.52 Å². The first-order valence-electron chi connectivity index (χ1n) is 4.86. The molecule has 18 heavy (non-hydrogen) atoms. The molecule has 0 aliphatic carbocycles. The summed E-state index contributed by atoms with van der Waals surface area (Å²) in [7, 11) is -3.97. The highest BCUT2D eigenvalue weighted by Gasteiger charge is 2.21. The Morgan fingerprint density at radius 1 is 1.44 bits per heavy atom.